The first-order valence-electron chi connectivity index (χ1n) is 6.91. The van der Waals surface area contributed by atoms with Crippen molar-refractivity contribution in [3.63, 3.8) is 0 Å². The summed E-state index contributed by atoms with van der Waals surface area (Å²) in [7, 11) is 0. The highest BCUT2D eigenvalue weighted by Crippen LogP contribution is 2.20. The molecule has 0 radical (unpaired) electrons. The topological polar surface area (TPSA) is 53.1 Å². The molecule has 0 aliphatic heterocycles. The zero-order valence-electron chi connectivity index (χ0n) is 12.5. The molecule has 108 valence electrons. The molecule has 0 aliphatic rings. The number of benzene rings is 1. The number of hydrogen-bond acceptors (Lipinski definition) is 3. The molecule has 4 heteroatoms. The number of hydrogen-bond donors (Lipinski definition) is 1. The van der Waals surface area contributed by atoms with Gasteiger partial charge in [-0.3, -0.25) is 0 Å². The minimum atomic E-state index is 0.260. The number of ether oxygens (including phenoxy) is 1. The molecule has 0 spiro atoms. The smallest absolute Gasteiger partial charge is 0.119 e. The van der Waals surface area contributed by atoms with Crippen LogP contribution in [0.1, 0.15) is 26.5 Å². The number of imidazole rings is 1. The maximum absolute atomic E-state index is 5.72. The summed E-state index contributed by atoms with van der Waals surface area (Å²) < 4.78 is 7.87. The van der Waals surface area contributed by atoms with E-state index in [0.29, 0.717) is 6.61 Å². The van der Waals surface area contributed by atoms with E-state index in [-0.39, 0.29) is 5.41 Å². The standard InChI is InChI=1S/C16H23N3O/c1-16(2,3)10-14-11-18-12-19(14)8-9-20-15-6-4-13(17)5-7-15/h4-7,11-12H,8-10,17H2,1-3H3. The van der Waals surface area contributed by atoms with Crippen molar-refractivity contribution in [2.24, 2.45) is 5.41 Å². The lowest BCUT2D eigenvalue weighted by Gasteiger charge is -2.19. The first-order valence-corrected chi connectivity index (χ1v) is 6.91. The number of nitrogen functional groups attached to an aromatic ring is 1. The summed E-state index contributed by atoms with van der Waals surface area (Å²) in [6, 6.07) is 7.47. The molecule has 4 nitrogen and oxygen atoms in total. The van der Waals surface area contributed by atoms with Crippen molar-refractivity contribution in [1.29, 1.82) is 0 Å². The lowest BCUT2D eigenvalue weighted by Crippen LogP contribution is -2.15. The minimum absolute atomic E-state index is 0.260. The second kappa shape index (κ2) is 5.99. The maximum atomic E-state index is 5.72. The Morgan fingerprint density at radius 3 is 2.55 bits per heavy atom. The molecular weight excluding hydrogens is 250 g/mol. The van der Waals surface area contributed by atoms with Gasteiger partial charge < -0.3 is 15.0 Å². The quantitative estimate of drug-likeness (QED) is 0.851. The van der Waals surface area contributed by atoms with Crippen LogP contribution in [0.2, 0.25) is 0 Å². The van der Waals surface area contributed by atoms with Gasteiger partial charge in [-0.05, 0) is 36.1 Å². The second-order valence-corrected chi connectivity index (χ2v) is 6.23. The highest BCUT2D eigenvalue weighted by Gasteiger charge is 2.14. The molecule has 2 rings (SSSR count). The van der Waals surface area contributed by atoms with Crippen LogP contribution in [-0.2, 0) is 13.0 Å². The van der Waals surface area contributed by atoms with Gasteiger partial charge in [-0.25, -0.2) is 4.98 Å². The zero-order valence-corrected chi connectivity index (χ0v) is 12.5. The first kappa shape index (κ1) is 14.4. The van der Waals surface area contributed by atoms with Crippen molar-refractivity contribution >= 4 is 5.69 Å². The van der Waals surface area contributed by atoms with Crippen molar-refractivity contribution in [2.45, 2.75) is 33.7 Å². The van der Waals surface area contributed by atoms with Gasteiger partial charge in [0.1, 0.15) is 12.4 Å². The van der Waals surface area contributed by atoms with Gasteiger partial charge in [0.2, 0.25) is 0 Å². The monoisotopic (exact) mass is 273 g/mol. The highest BCUT2D eigenvalue weighted by molar-refractivity contribution is 5.41. The fraction of sp³-hybridized carbons (Fsp3) is 0.438. The highest BCUT2D eigenvalue weighted by atomic mass is 16.5. The molecule has 1 heterocycles. The average molecular weight is 273 g/mol. The molecule has 0 bridgehead atoms. The molecule has 20 heavy (non-hydrogen) atoms. The van der Waals surface area contributed by atoms with Crippen LogP contribution >= 0.6 is 0 Å². The number of nitrogens with zero attached hydrogens (tertiary/aromatic N) is 2. The molecule has 0 fully saturated rings. The van der Waals surface area contributed by atoms with E-state index in [1.165, 1.54) is 5.69 Å². The van der Waals surface area contributed by atoms with Crippen LogP contribution in [0.3, 0.4) is 0 Å². The Balaban J connectivity index is 1.88. The number of anilines is 1. The van der Waals surface area contributed by atoms with Gasteiger partial charge in [-0.2, -0.15) is 0 Å². The lowest BCUT2D eigenvalue weighted by molar-refractivity contribution is 0.293. The molecule has 0 amide bonds. The Kier molecular flexibility index (Phi) is 4.32. The van der Waals surface area contributed by atoms with E-state index in [1.807, 2.05) is 36.8 Å². The maximum Gasteiger partial charge on any atom is 0.119 e. The Hall–Kier alpha value is -1.97. The molecule has 2 aromatic rings. The third-order valence-corrected chi connectivity index (χ3v) is 2.99. The molecule has 0 unspecified atom stereocenters. The van der Waals surface area contributed by atoms with Gasteiger partial charge in [0.15, 0.2) is 0 Å². The van der Waals surface area contributed by atoms with Crippen molar-refractivity contribution in [3.8, 4) is 5.75 Å². The molecule has 1 aromatic carbocycles. The Labute approximate surface area is 120 Å². The number of aromatic nitrogens is 2. The van der Waals surface area contributed by atoms with Gasteiger partial charge in [0, 0.05) is 17.6 Å². The van der Waals surface area contributed by atoms with Crippen LogP contribution in [0.4, 0.5) is 5.69 Å². The van der Waals surface area contributed by atoms with Crippen LogP contribution < -0.4 is 10.5 Å². The van der Waals surface area contributed by atoms with E-state index in [2.05, 4.69) is 30.3 Å². The Morgan fingerprint density at radius 2 is 1.90 bits per heavy atom. The molecule has 2 N–H and O–H groups in total. The fourth-order valence-electron chi connectivity index (χ4n) is 2.07. The molecule has 0 saturated heterocycles. The third-order valence-electron chi connectivity index (χ3n) is 2.99. The predicted octanol–water partition coefficient (Wildman–Crippen LogP) is 3.13. The number of rotatable bonds is 5. The van der Waals surface area contributed by atoms with Crippen LogP contribution in [-0.4, -0.2) is 16.2 Å². The van der Waals surface area contributed by atoms with Gasteiger partial charge >= 0.3 is 0 Å². The SMILES string of the molecule is CC(C)(C)Cc1cncn1CCOc1ccc(N)cc1. The Morgan fingerprint density at radius 1 is 1.20 bits per heavy atom. The van der Waals surface area contributed by atoms with Crippen LogP contribution in [0.15, 0.2) is 36.8 Å². The van der Waals surface area contributed by atoms with Crippen molar-refractivity contribution in [2.75, 3.05) is 12.3 Å². The fourth-order valence-corrected chi connectivity index (χ4v) is 2.07. The molecule has 0 atom stereocenters. The van der Waals surface area contributed by atoms with E-state index in [1.54, 1.807) is 0 Å². The number of nitrogens with two attached hydrogens (primary N) is 1. The summed E-state index contributed by atoms with van der Waals surface area (Å²) >= 11 is 0. The molecule has 0 saturated carbocycles. The average Bonchev–Trinajstić information content (AvgIpc) is 2.77. The van der Waals surface area contributed by atoms with E-state index in [0.717, 1.165) is 24.4 Å². The summed E-state index contributed by atoms with van der Waals surface area (Å²) in [5.41, 5.74) is 7.90. The van der Waals surface area contributed by atoms with E-state index in [9.17, 15) is 0 Å². The summed E-state index contributed by atoms with van der Waals surface area (Å²) in [5, 5.41) is 0. The minimum Gasteiger partial charge on any atom is -0.492 e. The zero-order chi connectivity index (χ0) is 14.6. The van der Waals surface area contributed by atoms with Gasteiger partial charge in [-0.15, -0.1) is 0 Å². The largest absolute Gasteiger partial charge is 0.492 e. The lowest BCUT2D eigenvalue weighted by atomic mass is 9.91. The van der Waals surface area contributed by atoms with Crippen molar-refractivity contribution < 1.29 is 4.74 Å². The van der Waals surface area contributed by atoms with Gasteiger partial charge in [0.25, 0.3) is 0 Å². The van der Waals surface area contributed by atoms with Crippen LogP contribution in [0.25, 0.3) is 0 Å². The predicted molar refractivity (Wildman–Crippen MR) is 81.7 cm³/mol. The van der Waals surface area contributed by atoms with Gasteiger partial charge in [0.05, 0.1) is 12.9 Å². The summed E-state index contributed by atoms with van der Waals surface area (Å²) in [6.45, 7) is 8.12. The van der Waals surface area contributed by atoms with Crippen LogP contribution in [0.5, 0.6) is 5.75 Å². The van der Waals surface area contributed by atoms with Crippen LogP contribution in [0, 0.1) is 5.41 Å². The van der Waals surface area contributed by atoms with E-state index in [4.69, 9.17) is 10.5 Å². The van der Waals surface area contributed by atoms with Gasteiger partial charge in [-0.1, -0.05) is 20.8 Å². The normalized spacial score (nSPS) is 11.6. The first-order chi connectivity index (χ1) is 9.44. The van der Waals surface area contributed by atoms with E-state index < -0.39 is 0 Å². The molecule has 1 aromatic heterocycles. The Bertz CT molecular complexity index is 538. The summed E-state index contributed by atoms with van der Waals surface area (Å²) in [6.07, 6.45) is 4.82. The third kappa shape index (κ3) is 4.30. The van der Waals surface area contributed by atoms with E-state index >= 15 is 0 Å². The van der Waals surface area contributed by atoms with Crippen molar-refractivity contribution in [3.05, 3.63) is 42.5 Å². The summed E-state index contributed by atoms with van der Waals surface area (Å²) in [4.78, 5) is 4.23. The molecular formula is C16H23N3O. The molecule has 0 aliphatic carbocycles. The summed E-state index contributed by atoms with van der Waals surface area (Å²) in [5.74, 6) is 0.844. The second-order valence-electron chi connectivity index (χ2n) is 6.23. The van der Waals surface area contributed by atoms with Crippen molar-refractivity contribution in [1.82, 2.24) is 9.55 Å².